The molecule has 2 saturated heterocycles. The molecule has 192 valence electrons. The number of carbonyl (C=O) groups excluding carboxylic acids is 1. The van der Waals surface area contributed by atoms with E-state index < -0.39 is 16.1 Å². The fourth-order valence-corrected chi connectivity index (χ4v) is 6.20. The van der Waals surface area contributed by atoms with Crippen LogP contribution in [0.25, 0.3) is 10.9 Å². The van der Waals surface area contributed by atoms with Gasteiger partial charge in [-0.1, -0.05) is 18.2 Å². The monoisotopic (exact) mass is 504 g/mol. The van der Waals surface area contributed by atoms with Crippen molar-refractivity contribution in [1.29, 1.82) is 0 Å². The average molecular weight is 505 g/mol. The zero-order valence-electron chi connectivity index (χ0n) is 20.6. The van der Waals surface area contributed by atoms with E-state index in [0.29, 0.717) is 31.1 Å². The summed E-state index contributed by atoms with van der Waals surface area (Å²) in [4.78, 5) is 28.5. The number of sulfonamides is 1. The van der Waals surface area contributed by atoms with Crippen LogP contribution in [0.1, 0.15) is 55.9 Å². The van der Waals surface area contributed by atoms with Gasteiger partial charge in [0.15, 0.2) is 0 Å². The number of amides is 1. The third-order valence-electron chi connectivity index (χ3n) is 7.24. The number of aromatic nitrogens is 1. The molecule has 3 N–H and O–H groups in total. The van der Waals surface area contributed by atoms with E-state index >= 15 is 0 Å². The van der Waals surface area contributed by atoms with Gasteiger partial charge in [0, 0.05) is 37.8 Å². The number of benzene rings is 1. The highest BCUT2D eigenvalue weighted by Crippen LogP contribution is 2.38. The first-order valence-electron chi connectivity index (χ1n) is 12.3. The van der Waals surface area contributed by atoms with E-state index in [-0.39, 0.29) is 29.6 Å². The summed E-state index contributed by atoms with van der Waals surface area (Å²) < 4.78 is 26.6. The van der Waals surface area contributed by atoms with Gasteiger partial charge in [-0.25, -0.2) is 13.1 Å². The Morgan fingerprint density at radius 3 is 2.46 bits per heavy atom. The molecule has 1 aromatic carbocycles. The van der Waals surface area contributed by atoms with Gasteiger partial charge >= 0.3 is 0 Å². The number of aliphatic hydroxyl groups is 1. The van der Waals surface area contributed by atoms with Crippen molar-refractivity contribution < 1.29 is 18.3 Å². The third kappa shape index (κ3) is 5.94. The van der Waals surface area contributed by atoms with Crippen LogP contribution < -0.4 is 15.6 Å². The van der Waals surface area contributed by atoms with Crippen LogP contribution in [0.2, 0.25) is 0 Å². The quantitative estimate of drug-likeness (QED) is 0.476. The Bertz CT molecular complexity index is 1230. The Labute approximate surface area is 206 Å². The molecule has 0 radical (unpaired) electrons. The number of hydrogen-bond acceptors (Lipinski definition) is 6. The van der Waals surface area contributed by atoms with Crippen molar-refractivity contribution in [3.8, 4) is 0 Å². The number of nitrogens with one attached hydrogen (secondary N) is 2. The molecule has 9 nitrogen and oxygen atoms in total. The lowest BCUT2D eigenvalue weighted by molar-refractivity contribution is 0.0468. The van der Waals surface area contributed by atoms with Crippen LogP contribution in [-0.4, -0.2) is 73.0 Å². The van der Waals surface area contributed by atoms with Gasteiger partial charge in [0.25, 0.3) is 11.5 Å². The van der Waals surface area contributed by atoms with Crippen molar-refractivity contribution in [1.82, 2.24) is 19.5 Å². The minimum absolute atomic E-state index is 0.00786. The molecule has 4 atom stereocenters. The molecule has 10 heteroatoms. The van der Waals surface area contributed by atoms with Crippen LogP contribution in [0.15, 0.2) is 35.1 Å². The third-order valence-corrected chi connectivity index (χ3v) is 7.93. The zero-order valence-corrected chi connectivity index (χ0v) is 21.4. The van der Waals surface area contributed by atoms with E-state index in [1.807, 2.05) is 38.1 Å². The van der Waals surface area contributed by atoms with Gasteiger partial charge in [0.05, 0.1) is 17.9 Å². The van der Waals surface area contributed by atoms with Crippen LogP contribution in [0.3, 0.4) is 0 Å². The predicted octanol–water partition coefficient (Wildman–Crippen LogP) is 1.47. The average Bonchev–Trinajstić information content (AvgIpc) is 3.01. The highest BCUT2D eigenvalue weighted by molar-refractivity contribution is 7.88. The number of rotatable bonds is 9. The molecule has 4 rings (SSSR count). The summed E-state index contributed by atoms with van der Waals surface area (Å²) in [6.07, 6.45) is 4.18. The van der Waals surface area contributed by atoms with Crippen molar-refractivity contribution in [3.05, 3.63) is 46.2 Å². The lowest BCUT2D eigenvalue weighted by atomic mass is 9.90. The van der Waals surface area contributed by atoms with E-state index in [1.165, 1.54) is 0 Å². The maximum atomic E-state index is 13.1. The molecule has 3 heterocycles. The van der Waals surface area contributed by atoms with Crippen LogP contribution in [0.5, 0.6) is 0 Å². The highest BCUT2D eigenvalue weighted by atomic mass is 32.2. The van der Waals surface area contributed by atoms with E-state index in [9.17, 15) is 23.1 Å². The SMILES string of the molecule is CC(C)n1c(=O)c(C(=O)NCC2C[C@H]3CC[C@@H](C2)N3CC(O)CNS(C)(=O)=O)cc2ccccc21. The summed E-state index contributed by atoms with van der Waals surface area (Å²) in [7, 11) is -3.33. The normalized spacial score (nSPS) is 23.6. The Morgan fingerprint density at radius 2 is 1.83 bits per heavy atom. The van der Waals surface area contributed by atoms with Gasteiger partial charge in [-0.3, -0.25) is 14.5 Å². The second-order valence-corrected chi connectivity index (χ2v) is 12.1. The van der Waals surface area contributed by atoms with E-state index in [4.69, 9.17) is 0 Å². The summed E-state index contributed by atoms with van der Waals surface area (Å²) in [5.41, 5.74) is 0.712. The van der Waals surface area contributed by atoms with Crippen LogP contribution in [-0.2, 0) is 10.0 Å². The van der Waals surface area contributed by atoms with Gasteiger partial charge in [0.1, 0.15) is 5.56 Å². The van der Waals surface area contributed by atoms with E-state index in [2.05, 4.69) is 14.9 Å². The van der Waals surface area contributed by atoms with Crippen molar-refractivity contribution in [2.45, 2.75) is 63.8 Å². The van der Waals surface area contributed by atoms with Crippen molar-refractivity contribution >= 4 is 26.8 Å². The predicted molar refractivity (Wildman–Crippen MR) is 136 cm³/mol. The molecular weight excluding hydrogens is 468 g/mol. The largest absolute Gasteiger partial charge is 0.390 e. The summed E-state index contributed by atoms with van der Waals surface area (Å²) >= 11 is 0. The lowest BCUT2D eigenvalue weighted by Crippen LogP contribution is -2.50. The number of hydrogen-bond donors (Lipinski definition) is 3. The number of fused-ring (bicyclic) bond motifs is 3. The fourth-order valence-electron chi connectivity index (χ4n) is 5.70. The number of piperidine rings is 1. The van der Waals surface area contributed by atoms with Crippen molar-refractivity contribution in [2.24, 2.45) is 5.92 Å². The zero-order chi connectivity index (χ0) is 25.3. The number of para-hydroxylation sites is 1. The second kappa shape index (κ2) is 10.4. The maximum absolute atomic E-state index is 13.1. The lowest BCUT2D eigenvalue weighted by Gasteiger charge is -2.40. The molecule has 35 heavy (non-hydrogen) atoms. The standard InChI is InChI=1S/C25H36N4O5S/c1-16(2)29-23-7-5-4-6-18(23)12-22(25(29)32)24(31)26-13-17-10-19-8-9-20(11-17)28(19)15-21(30)14-27-35(3,33)34/h4-7,12,16-17,19-21,27,30H,8-11,13-15H2,1-3H3,(H,26,31)/t17?,19-,20+,21?. The van der Waals surface area contributed by atoms with Crippen LogP contribution in [0.4, 0.5) is 0 Å². The molecule has 2 fully saturated rings. The molecule has 2 aliphatic heterocycles. The molecule has 0 spiro atoms. The number of nitrogens with zero attached hydrogens (tertiary/aromatic N) is 2. The first-order chi connectivity index (χ1) is 16.5. The van der Waals surface area contributed by atoms with E-state index in [1.54, 1.807) is 10.6 Å². The summed E-state index contributed by atoms with van der Waals surface area (Å²) in [5.74, 6) is -0.0426. The van der Waals surface area contributed by atoms with Gasteiger partial charge in [-0.2, -0.15) is 0 Å². The summed E-state index contributed by atoms with van der Waals surface area (Å²) in [6, 6.07) is 9.84. The molecule has 2 aromatic rings. The summed E-state index contributed by atoms with van der Waals surface area (Å²) in [6.45, 7) is 4.82. The minimum atomic E-state index is -3.33. The number of carbonyl (C=O) groups is 1. The Morgan fingerprint density at radius 1 is 1.17 bits per heavy atom. The van der Waals surface area contributed by atoms with Crippen LogP contribution >= 0.6 is 0 Å². The maximum Gasteiger partial charge on any atom is 0.264 e. The molecule has 2 bridgehead atoms. The minimum Gasteiger partial charge on any atom is -0.390 e. The molecule has 2 aliphatic rings. The Balaban J connectivity index is 1.38. The highest BCUT2D eigenvalue weighted by Gasteiger charge is 2.41. The topological polar surface area (TPSA) is 121 Å². The molecular formula is C25H36N4O5S. The Kier molecular flexibility index (Phi) is 7.65. The van der Waals surface area contributed by atoms with Crippen molar-refractivity contribution in [3.63, 3.8) is 0 Å². The number of pyridine rings is 1. The fraction of sp³-hybridized carbons (Fsp3) is 0.600. The molecule has 2 unspecified atom stereocenters. The molecule has 0 aliphatic carbocycles. The van der Waals surface area contributed by atoms with Crippen molar-refractivity contribution in [2.75, 3.05) is 25.9 Å². The van der Waals surface area contributed by atoms with Gasteiger partial charge in [-0.15, -0.1) is 0 Å². The first-order valence-corrected chi connectivity index (χ1v) is 14.2. The van der Waals surface area contributed by atoms with E-state index in [0.717, 1.165) is 42.8 Å². The molecule has 1 amide bonds. The summed E-state index contributed by atoms with van der Waals surface area (Å²) in [5, 5.41) is 14.2. The second-order valence-electron chi connectivity index (χ2n) is 10.3. The number of aliphatic hydroxyl groups excluding tert-OH is 1. The smallest absolute Gasteiger partial charge is 0.264 e. The van der Waals surface area contributed by atoms with Gasteiger partial charge < -0.3 is 15.0 Å². The molecule has 1 aromatic heterocycles. The molecule has 0 saturated carbocycles. The van der Waals surface area contributed by atoms with Gasteiger partial charge in [-0.05, 0) is 63.0 Å². The van der Waals surface area contributed by atoms with Gasteiger partial charge in [0.2, 0.25) is 10.0 Å². The van der Waals surface area contributed by atoms with Crippen LogP contribution in [0, 0.1) is 5.92 Å². The Hall–Kier alpha value is -2.27. The first kappa shape index (κ1) is 25.8.